The van der Waals surface area contributed by atoms with Gasteiger partial charge in [-0.15, -0.1) is 0 Å². The normalized spacial score (nSPS) is 23.3. The lowest BCUT2D eigenvalue weighted by Crippen LogP contribution is -2.59. The number of carbonyl (C=O) groups is 4. The maximum absolute atomic E-state index is 12.6. The van der Waals surface area contributed by atoms with Crippen molar-refractivity contribution in [3.8, 4) is 0 Å². The molecule has 0 aromatic rings. The van der Waals surface area contributed by atoms with Crippen LogP contribution < -0.4 is 16.4 Å². The average Bonchev–Trinajstić information content (AvgIpc) is 3.03. The molecule has 0 saturated heterocycles. The number of nitrogens with one attached hydrogen (secondary N) is 2. The largest absolute Gasteiger partial charge is 0.344 e. The minimum Gasteiger partial charge on any atom is -0.344 e. The highest BCUT2D eigenvalue weighted by molar-refractivity contribution is 6.38. The van der Waals surface area contributed by atoms with Crippen molar-refractivity contribution in [2.24, 2.45) is 5.73 Å². The fourth-order valence-electron chi connectivity index (χ4n) is 3.74. The summed E-state index contributed by atoms with van der Waals surface area (Å²) in [5, 5.41) is 5.25. The molecule has 7 nitrogen and oxygen atoms in total. The van der Waals surface area contributed by atoms with Gasteiger partial charge in [-0.1, -0.05) is 39.0 Å². The first-order chi connectivity index (χ1) is 12.4. The second-order valence-corrected chi connectivity index (χ2v) is 7.63. The number of Topliss-reactive ketones (excluding diaryl/α,β-unsaturated/α-hetero) is 2. The molecule has 146 valence electrons. The fraction of sp³-hybridized carbons (Fsp3) is 0.789. The van der Waals surface area contributed by atoms with Crippen LogP contribution in [0.3, 0.4) is 0 Å². The van der Waals surface area contributed by atoms with E-state index in [1.165, 1.54) is 0 Å². The maximum atomic E-state index is 12.6. The summed E-state index contributed by atoms with van der Waals surface area (Å²) in [6, 6.07) is -1.46. The quantitative estimate of drug-likeness (QED) is 0.557. The predicted octanol–water partition coefficient (Wildman–Crippen LogP) is 1.13. The van der Waals surface area contributed by atoms with Gasteiger partial charge in [0.05, 0.1) is 17.6 Å². The van der Waals surface area contributed by atoms with E-state index >= 15 is 0 Å². The molecule has 0 aromatic carbocycles. The molecule has 0 heterocycles. The lowest BCUT2D eigenvalue weighted by Gasteiger charge is -2.33. The average molecular weight is 365 g/mol. The van der Waals surface area contributed by atoms with Crippen LogP contribution in [0.4, 0.5) is 0 Å². The highest BCUT2D eigenvalue weighted by Crippen LogP contribution is 2.26. The molecule has 2 saturated carbocycles. The Morgan fingerprint density at radius 3 is 2.46 bits per heavy atom. The van der Waals surface area contributed by atoms with E-state index in [-0.39, 0.29) is 11.7 Å². The first-order valence-corrected chi connectivity index (χ1v) is 9.84. The van der Waals surface area contributed by atoms with Crippen LogP contribution in [0.5, 0.6) is 0 Å². The Hall–Kier alpha value is -1.76. The van der Waals surface area contributed by atoms with E-state index in [2.05, 4.69) is 10.6 Å². The van der Waals surface area contributed by atoms with E-state index in [1.807, 2.05) is 6.92 Å². The van der Waals surface area contributed by atoms with Gasteiger partial charge >= 0.3 is 0 Å². The molecular formula is C19H31N3O4. The van der Waals surface area contributed by atoms with Crippen molar-refractivity contribution < 1.29 is 19.2 Å². The van der Waals surface area contributed by atoms with Crippen molar-refractivity contribution >= 4 is 23.4 Å². The zero-order chi connectivity index (χ0) is 19.2. The smallest absolute Gasteiger partial charge is 0.290 e. The highest BCUT2D eigenvalue weighted by atomic mass is 16.2. The van der Waals surface area contributed by atoms with E-state index in [4.69, 9.17) is 5.73 Å². The standard InChI is InChI=1S/C19H31N3O4/c1-2-3-8-14(22-18(26)19(20)11-5-4-6-12-19)16(24)17(25)21-13-9-7-10-15(13)23/h13-14H,2-12,20H2,1H3,(H,21,25)(H,22,26)/t13-,14+/m1/s1. The molecule has 2 aliphatic rings. The first kappa shape index (κ1) is 20.6. The summed E-state index contributed by atoms with van der Waals surface area (Å²) in [4.78, 5) is 49.2. The van der Waals surface area contributed by atoms with Crippen LogP contribution in [0.1, 0.15) is 77.6 Å². The van der Waals surface area contributed by atoms with Gasteiger partial charge in [-0.3, -0.25) is 19.2 Å². The van der Waals surface area contributed by atoms with Gasteiger partial charge in [-0.05, 0) is 32.1 Å². The second kappa shape index (κ2) is 9.26. The summed E-state index contributed by atoms with van der Waals surface area (Å²) in [7, 11) is 0. The molecule has 2 fully saturated rings. The molecule has 0 bridgehead atoms. The van der Waals surface area contributed by atoms with Crippen molar-refractivity contribution in [3.05, 3.63) is 0 Å². The van der Waals surface area contributed by atoms with Crippen molar-refractivity contribution in [2.45, 2.75) is 95.2 Å². The van der Waals surface area contributed by atoms with Gasteiger partial charge in [0.2, 0.25) is 11.7 Å². The van der Waals surface area contributed by atoms with Gasteiger partial charge in [0.1, 0.15) is 0 Å². The monoisotopic (exact) mass is 365 g/mol. The Labute approximate surface area is 154 Å². The van der Waals surface area contributed by atoms with Crippen molar-refractivity contribution in [1.82, 2.24) is 10.6 Å². The zero-order valence-electron chi connectivity index (χ0n) is 15.6. The number of unbranched alkanes of at least 4 members (excludes halogenated alkanes) is 1. The van der Waals surface area contributed by atoms with Gasteiger partial charge in [-0.25, -0.2) is 0 Å². The third kappa shape index (κ3) is 5.13. The number of nitrogens with two attached hydrogens (primary N) is 1. The van der Waals surface area contributed by atoms with Crippen LogP contribution in [0.25, 0.3) is 0 Å². The molecule has 4 N–H and O–H groups in total. The van der Waals surface area contributed by atoms with Gasteiger partial charge in [0.25, 0.3) is 5.91 Å². The van der Waals surface area contributed by atoms with Gasteiger partial charge in [0.15, 0.2) is 5.78 Å². The highest BCUT2D eigenvalue weighted by Gasteiger charge is 2.38. The van der Waals surface area contributed by atoms with Gasteiger partial charge < -0.3 is 16.4 Å². The lowest BCUT2D eigenvalue weighted by atomic mass is 9.81. The summed E-state index contributed by atoms with van der Waals surface area (Å²) < 4.78 is 0. The molecule has 2 amide bonds. The van der Waals surface area contributed by atoms with Crippen molar-refractivity contribution in [1.29, 1.82) is 0 Å². The number of hydrogen-bond acceptors (Lipinski definition) is 5. The fourth-order valence-corrected chi connectivity index (χ4v) is 3.74. The van der Waals surface area contributed by atoms with Crippen LogP contribution in [0.2, 0.25) is 0 Å². The Bertz CT molecular complexity index is 555. The van der Waals surface area contributed by atoms with Gasteiger partial charge in [-0.2, -0.15) is 0 Å². The lowest BCUT2D eigenvalue weighted by molar-refractivity contribution is -0.141. The van der Waals surface area contributed by atoms with E-state index in [9.17, 15) is 19.2 Å². The van der Waals surface area contributed by atoms with Gasteiger partial charge in [0, 0.05) is 6.42 Å². The number of rotatable bonds is 8. The van der Waals surface area contributed by atoms with Crippen LogP contribution in [-0.2, 0) is 19.2 Å². The Kier molecular flexibility index (Phi) is 7.32. The van der Waals surface area contributed by atoms with E-state index < -0.39 is 29.3 Å². The molecule has 0 aromatic heterocycles. The van der Waals surface area contributed by atoms with Crippen LogP contribution in [0.15, 0.2) is 0 Å². The molecule has 26 heavy (non-hydrogen) atoms. The third-order valence-electron chi connectivity index (χ3n) is 5.50. The number of ketones is 2. The summed E-state index contributed by atoms with van der Waals surface area (Å²) in [5.74, 6) is -1.87. The maximum Gasteiger partial charge on any atom is 0.290 e. The topological polar surface area (TPSA) is 118 Å². The first-order valence-electron chi connectivity index (χ1n) is 9.84. The number of carbonyl (C=O) groups excluding carboxylic acids is 4. The molecule has 0 spiro atoms. The van der Waals surface area contributed by atoms with Crippen LogP contribution in [-0.4, -0.2) is 41.0 Å². The minimum absolute atomic E-state index is 0.0385. The minimum atomic E-state index is -0.957. The molecule has 2 rings (SSSR count). The SMILES string of the molecule is CCCC[C@H](NC(=O)C1(N)CCCCC1)C(=O)C(=O)N[C@@H]1CCCC1=O. The molecule has 0 aliphatic heterocycles. The number of hydrogen-bond donors (Lipinski definition) is 3. The van der Waals surface area contributed by atoms with E-state index in [0.717, 1.165) is 32.1 Å². The second-order valence-electron chi connectivity index (χ2n) is 7.63. The van der Waals surface area contributed by atoms with E-state index in [0.29, 0.717) is 38.5 Å². The van der Waals surface area contributed by atoms with Crippen molar-refractivity contribution in [2.75, 3.05) is 0 Å². The number of amides is 2. The Morgan fingerprint density at radius 1 is 1.19 bits per heavy atom. The van der Waals surface area contributed by atoms with Crippen LogP contribution in [0, 0.1) is 0 Å². The molecule has 0 radical (unpaired) electrons. The summed E-state index contributed by atoms with van der Waals surface area (Å²) in [6.07, 6.45) is 7.70. The predicted molar refractivity (Wildman–Crippen MR) is 97.3 cm³/mol. The molecule has 0 unspecified atom stereocenters. The van der Waals surface area contributed by atoms with Crippen molar-refractivity contribution in [3.63, 3.8) is 0 Å². The molecular weight excluding hydrogens is 334 g/mol. The molecule has 2 aliphatic carbocycles. The summed E-state index contributed by atoms with van der Waals surface area (Å²) >= 11 is 0. The molecule has 7 heteroatoms. The Morgan fingerprint density at radius 2 is 1.88 bits per heavy atom. The zero-order valence-corrected chi connectivity index (χ0v) is 15.6. The summed E-state index contributed by atoms with van der Waals surface area (Å²) in [5.41, 5.74) is 5.28. The summed E-state index contributed by atoms with van der Waals surface area (Å²) in [6.45, 7) is 1.98. The van der Waals surface area contributed by atoms with Crippen LogP contribution >= 0.6 is 0 Å². The third-order valence-corrected chi connectivity index (χ3v) is 5.50. The van der Waals surface area contributed by atoms with E-state index in [1.54, 1.807) is 0 Å². The Balaban J connectivity index is 2.00. The molecule has 2 atom stereocenters.